The van der Waals surface area contributed by atoms with E-state index in [0.717, 1.165) is 17.8 Å². The molecule has 0 spiro atoms. The van der Waals surface area contributed by atoms with Gasteiger partial charge in [0.2, 0.25) is 5.91 Å². The fourth-order valence-electron chi connectivity index (χ4n) is 3.16. The third-order valence-electron chi connectivity index (χ3n) is 4.97. The highest BCUT2D eigenvalue weighted by Gasteiger charge is 2.24. The monoisotopic (exact) mass is 394 g/mol. The Morgan fingerprint density at radius 2 is 1.97 bits per heavy atom. The van der Waals surface area contributed by atoms with Gasteiger partial charge in [0, 0.05) is 31.1 Å². The third kappa shape index (κ3) is 5.74. The van der Waals surface area contributed by atoms with E-state index in [9.17, 15) is 9.18 Å². The largest absolute Gasteiger partial charge is 0.354 e. The number of hydrogen-bond acceptors (Lipinski definition) is 3. The van der Waals surface area contributed by atoms with Crippen LogP contribution < -0.4 is 11.1 Å². The summed E-state index contributed by atoms with van der Waals surface area (Å²) >= 11 is 0. The van der Waals surface area contributed by atoms with Gasteiger partial charge in [-0.15, -0.1) is 0 Å². The van der Waals surface area contributed by atoms with Crippen LogP contribution in [0.4, 0.5) is 4.39 Å². The summed E-state index contributed by atoms with van der Waals surface area (Å²) in [4.78, 5) is 16.8. The van der Waals surface area contributed by atoms with Crippen molar-refractivity contribution in [3.05, 3.63) is 89.8 Å². The quantitative estimate of drug-likeness (QED) is 0.617. The van der Waals surface area contributed by atoms with Crippen LogP contribution in [0.3, 0.4) is 0 Å². The van der Waals surface area contributed by atoms with Gasteiger partial charge in [0.15, 0.2) is 0 Å². The Labute approximate surface area is 170 Å². The van der Waals surface area contributed by atoms with Gasteiger partial charge in [-0.3, -0.25) is 4.79 Å². The summed E-state index contributed by atoms with van der Waals surface area (Å²) < 4.78 is 15.5. The summed E-state index contributed by atoms with van der Waals surface area (Å²) in [7, 11) is 0. The van der Waals surface area contributed by atoms with Gasteiger partial charge in [-0.25, -0.2) is 9.37 Å². The maximum atomic E-state index is 13.5. The van der Waals surface area contributed by atoms with Crippen LogP contribution in [-0.4, -0.2) is 28.0 Å². The van der Waals surface area contributed by atoms with Crippen LogP contribution in [0, 0.1) is 5.82 Å². The Hall–Kier alpha value is -2.99. The molecule has 6 heteroatoms. The van der Waals surface area contributed by atoms with Crippen LogP contribution in [-0.2, 0) is 23.2 Å². The summed E-state index contributed by atoms with van der Waals surface area (Å²) in [5.41, 5.74) is 8.45. The van der Waals surface area contributed by atoms with Crippen LogP contribution in [0.2, 0.25) is 0 Å². The Balaban J connectivity index is 1.53. The minimum atomic E-state index is -0.696. The lowest BCUT2D eigenvalue weighted by Crippen LogP contribution is -2.46. The molecule has 0 aliphatic rings. The molecular weight excluding hydrogens is 367 g/mol. The highest BCUT2D eigenvalue weighted by molar-refractivity contribution is 5.81. The zero-order chi connectivity index (χ0) is 20.9. The average Bonchev–Trinajstić information content (AvgIpc) is 3.13. The second-order valence-electron chi connectivity index (χ2n) is 7.95. The Bertz CT molecular complexity index is 952. The van der Waals surface area contributed by atoms with Crippen molar-refractivity contribution in [1.29, 1.82) is 0 Å². The first kappa shape index (κ1) is 20.7. The molecule has 29 heavy (non-hydrogen) atoms. The minimum Gasteiger partial charge on any atom is -0.354 e. The average molecular weight is 394 g/mol. The van der Waals surface area contributed by atoms with E-state index in [1.165, 1.54) is 17.7 Å². The lowest BCUT2D eigenvalue weighted by atomic mass is 9.84. The molecule has 2 aromatic carbocycles. The third-order valence-corrected chi connectivity index (χ3v) is 4.97. The molecule has 0 aliphatic carbocycles. The zero-order valence-corrected chi connectivity index (χ0v) is 16.8. The number of hydrogen-bond donors (Lipinski definition) is 2. The van der Waals surface area contributed by atoms with Crippen LogP contribution in [0.15, 0.2) is 67.1 Å². The molecule has 0 saturated heterocycles. The molecule has 1 heterocycles. The van der Waals surface area contributed by atoms with Gasteiger partial charge in [0.1, 0.15) is 5.82 Å². The molecular formula is C23H27FN4O. The Kier molecular flexibility index (Phi) is 6.44. The minimum absolute atomic E-state index is 0.243. The first-order valence-corrected chi connectivity index (χ1v) is 9.67. The van der Waals surface area contributed by atoms with E-state index in [1.54, 1.807) is 12.4 Å². The van der Waals surface area contributed by atoms with Gasteiger partial charge in [-0.1, -0.05) is 56.3 Å². The molecule has 0 fully saturated rings. The number of imidazole rings is 1. The van der Waals surface area contributed by atoms with Crippen LogP contribution in [0.1, 0.15) is 30.7 Å². The fraction of sp³-hybridized carbons (Fsp3) is 0.304. The maximum absolute atomic E-state index is 13.5. The molecule has 0 aliphatic heterocycles. The van der Waals surface area contributed by atoms with E-state index in [2.05, 4.69) is 22.4 Å². The number of carbonyl (C=O) groups excluding carboxylic acids is 1. The predicted molar refractivity (Wildman–Crippen MR) is 112 cm³/mol. The predicted octanol–water partition coefficient (Wildman–Crippen LogP) is 3.03. The van der Waals surface area contributed by atoms with Crippen LogP contribution in [0.5, 0.6) is 0 Å². The van der Waals surface area contributed by atoms with Crippen molar-refractivity contribution < 1.29 is 9.18 Å². The van der Waals surface area contributed by atoms with Crippen molar-refractivity contribution in [3.8, 4) is 0 Å². The summed E-state index contributed by atoms with van der Waals surface area (Å²) in [6, 6.07) is 15.8. The van der Waals surface area contributed by atoms with Crippen molar-refractivity contribution in [2.24, 2.45) is 5.73 Å². The van der Waals surface area contributed by atoms with E-state index in [4.69, 9.17) is 5.73 Å². The zero-order valence-electron chi connectivity index (χ0n) is 16.8. The summed E-state index contributed by atoms with van der Waals surface area (Å²) in [5.74, 6) is -0.531. The number of nitrogens with zero attached hydrogens (tertiary/aromatic N) is 2. The maximum Gasteiger partial charge on any atom is 0.237 e. The molecule has 1 aromatic heterocycles. The number of nitrogens with one attached hydrogen (secondary N) is 1. The molecule has 0 radical (unpaired) electrons. The molecule has 0 saturated carbocycles. The molecule has 1 amide bonds. The van der Waals surface area contributed by atoms with E-state index >= 15 is 0 Å². The first-order valence-electron chi connectivity index (χ1n) is 9.67. The van der Waals surface area contributed by atoms with E-state index < -0.39 is 11.5 Å². The number of aromatic nitrogens is 2. The lowest BCUT2D eigenvalue weighted by Gasteiger charge is -2.26. The van der Waals surface area contributed by atoms with Gasteiger partial charge >= 0.3 is 0 Å². The number of carbonyl (C=O) groups is 1. The highest BCUT2D eigenvalue weighted by atomic mass is 19.1. The van der Waals surface area contributed by atoms with E-state index in [1.807, 2.05) is 48.9 Å². The van der Waals surface area contributed by atoms with Crippen LogP contribution in [0.25, 0.3) is 0 Å². The summed E-state index contributed by atoms with van der Waals surface area (Å²) in [5, 5.41) is 2.89. The van der Waals surface area contributed by atoms with Crippen molar-refractivity contribution >= 4 is 5.91 Å². The van der Waals surface area contributed by atoms with Gasteiger partial charge in [-0.2, -0.15) is 0 Å². The SMILES string of the molecule is CC(C)(CNC(=O)[C@@H](N)Cc1cn(Cc2ccccc2)cn1)c1cccc(F)c1. The molecule has 3 rings (SSSR count). The molecule has 152 valence electrons. The number of halogens is 1. The number of amides is 1. The second kappa shape index (κ2) is 9.01. The molecule has 3 N–H and O–H groups in total. The number of rotatable bonds is 8. The van der Waals surface area contributed by atoms with Crippen molar-refractivity contribution in [2.45, 2.75) is 38.3 Å². The highest BCUT2D eigenvalue weighted by Crippen LogP contribution is 2.22. The Morgan fingerprint density at radius 1 is 1.21 bits per heavy atom. The topological polar surface area (TPSA) is 72.9 Å². The van der Waals surface area contributed by atoms with E-state index in [0.29, 0.717) is 13.0 Å². The van der Waals surface area contributed by atoms with Gasteiger partial charge in [-0.05, 0) is 23.3 Å². The van der Waals surface area contributed by atoms with Crippen molar-refractivity contribution in [3.63, 3.8) is 0 Å². The first-order chi connectivity index (χ1) is 13.8. The Morgan fingerprint density at radius 3 is 2.69 bits per heavy atom. The number of nitrogens with two attached hydrogens (primary N) is 1. The molecule has 0 unspecified atom stereocenters. The van der Waals surface area contributed by atoms with Crippen molar-refractivity contribution in [2.75, 3.05) is 6.54 Å². The van der Waals surface area contributed by atoms with Gasteiger partial charge < -0.3 is 15.6 Å². The lowest BCUT2D eigenvalue weighted by molar-refractivity contribution is -0.122. The molecule has 5 nitrogen and oxygen atoms in total. The number of benzene rings is 2. The van der Waals surface area contributed by atoms with Gasteiger partial charge in [0.05, 0.1) is 18.1 Å². The normalized spacial score (nSPS) is 12.6. The van der Waals surface area contributed by atoms with Crippen LogP contribution >= 0.6 is 0 Å². The molecule has 3 aromatic rings. The molecule has 0 bridgehead atoms. The summed E-state index contributed by atoms with van der Waals surface area (Å²) in [6.45, 7) is 5.00. The smallest absolute Gasteiger partial charge is 0.237 e. The van der Waals surface area contributed by atoms with E-state index in [-0.39, 0.29) is 11.7 Å². The second-order valence-corrected chi connectivity index (χ2v) is 7.95. The summed E-state index contributed by atoms with van der Waals surface area (Å²) in [6.07, 6.45) is 4.02. The van der Waals surface area contributed by atoms with Gasteiger partial charge in [0.25, 0.3) is 0 Å². The standard InChI is InChI=1S/C23H27FN4O/c1-23(2,18-9-6-10-19(24)11-18)15-26-22(29)21(25)12-20-14-28(16-27-20)13-17-7-4-3-5-8-17/h3-11,14,16,21H,12-13,15,25H2,1-2H3,(H,26,29)/t21-/m0/s1. The van der Waals surface area contributed by atoms with Crippen molar-refractivity contribution in [1.82, 2.24) is 14.9 Å². The fourth-order valence-corrected chi connectivity index (χ4v) is 3.16. The molecule has 1 atom stereocenters.